The van der Waals surface area contributed by atoms with E-state index < -0.39 is 10.0 Å². The largest absolute Gasteiger partial charge is 0.352 e. The Morgan fingerprint density at radius 1 is 0.939 bits per heavy atom. The van der Waals surface area contributed by atoms with Crippen LogP contribution < -0.4 is 5.32 Å². The molecule has 1 aromatic heterocycles. The zero-order valence-corrected chi connectivity index (χ0v) is 19.4. The van der Waals surface area contributed by atoms with Crippen LogP contribution >= 0.6 is 0 Å². The normalized spacial score (nSPS) is 11.7. The number of amides is 1. The number of carbonyl (C=O) groups excluding carboxylic acids is 1. The van der Waals surface area contributed by atoms with E-state index in [1.54, 1.807) is 24.3 Å². The van der Waals surface area contributed by atoms with Gasteiger partial charge in [0.15, 0.2) is 0 Å². The van der Waals surface area contributed by atoms with Gasteiger partial charge in [0.05, 0.1) is 15.9 Å². The van der Waals surface area contributed by atoms with Gasteiger partial charge in [-0.25, -0.2) is 17.7 Å². The molecular formula is C25H26N4O3S. The summed E-state index contributed by atoms with van der Waals surface area (Å²) in [6.07, 6.45) is 0.686. The lowest BCUT2D eigenvalue weighted by molar-refractivity contribution is -0.121. The molecule has 33 heavy (non-hydrogen) atoms. The van der Waals surface area contributed by atoms with Crippen LogP contribution in [0.4, 0.5) is 0 Å². The summed E-state index contributed by atoms with van der Waals surface area (Å²) in [7, 11) is -0.614. The third-order valence-electron chi connectivity index (χ3n) is 5.43. The molecule has 0 aliphatic rings. The molecule has 7 nitrogen and oxygen atoms in total. The number of hydrogen-bond donors (Lipinski definition) is 1. The maximum Gasteiger partial charge on any atom is 0.242 e. The van der Waals surface area contributed by atoms with E-state index in [9.17, 15) is 13.2 Å². The van der Waals surface area contributed by atoms with Gasteiger partial charge >= 0.3 is 0 Å². The summed E-state index contributed by atoms with van der Waals surface area (Å²) in [6.45, 7) is 0.136. The van der Waals surface area contributed by atoms with Crippen molar-refractivity contribution >= 4 is 27.0 Å². The van der Waals surface area contributed by atoms with E-state index in [4.69, 9.17) is 4.98 Å². The minimum absolute atomic E-state index is 0.136. The highest BCUT2D eigenvalue weighted by molar-refractivity contribution is 7.89. The SMILES string of the molecule is CN(C)S(=O)(=O)c1ccccc1CNC(=O)CCc1nc2ccccc2n1-c1ccccc1. The average molecular weight is 463 g/mol. The van der Waals surface area contributed by atoms with E-state index in [1.165, 1.54) is 18.4 Å². The molecule has 4 rings (SSSR count). The minimum atomic E-state index is -3.59. The third-order valence-corrected chi connectivity index (χ3v) is 7.34. The molecule has 4 aromatic rings. The van der Waals surface area contributed by atoms with Gasteiger partial charge in [-0.3, -0.25) is 9.36 Å². The number of hydrogen-bond acceptors (Lipinski definition) is 4. The summed E-state index contributed by atoms with van der Waals surface area (Å²) in [6, 6.07) is 24.5. The smallest absolute Gasteiger partial charge is 0.242 e. The van der Waals surface area contributed by atoms with E-state index >= 15 is 0 Å². The van der Waals surface area contributed by atoms with Gasteiger partial charge in [-0.2, -0.15) is 0 Å². The maximum absolute atomic E-state index is 12.6. The van der Waals surface area contributed by atoms with Gasteiger partial charge in [-0.05, 0) is 35.9 Å². The second-order valence-corrected chi connectivity index (χ2v) is 9.98. The van der Waals surface area contributed by atoms with Crippen molar-refractivity contribution in [1.29, 1.82) is 0 Å². The summed E-state index contributed by atoms with van der Waals surface area (Å²) in [4.78, 5) is 17.6. The topological polar surface area (TPSA) is 84.3 Å². The summed E-state index contributed by atoms with van der Waals surface area (Å²) in [5.41, 5.74) is 3.40. The molecule has 1 heterocycles. The van der Waals surface area contributed by atoms with E-state index in [0.29, 0.717) is 12.0 Å². The predicted octanol–water partition coefficient (Wildman–Crippen LogP) is 3.52. The van der Waals surface area contributed by atoms with Crippen molar-refractivity contribution in [3.8, 4) is 5.69 Å². The third kappa shape index (κ3) is 4.81. The number of imidazole rings is 1. The van der Waals surface area contributed by atoms with Crippen molar-refractivity contribution in [2.24, 2.45) is 0 Å². The van der Waals surface area contributed by atoms with E-state index in [0.717, 1.165) is 22.5 Å². The highest BCUT2D eigenvalue weighted by atomic mass is 32.2. The van der Waals surface area contributed by atoms with Crippen LogP contribution in [0, 0.1) is 0 Å². The van der Waals surface area contributed by atoms with Crippen LogP contribution in [0.3, 0.4) is 0 Å². The molecule has 1 amide bonds. The van der Waals surface area contributed by atoms with E-state index in [2.05, 4.69) is 9.88 Å². The Morgan fingerprint density at radius 3 is 2.36 bits per heavy atom. The molecule has 0 saturated heterocycles. The molecule has 0 atom stereocenters. The lowest BCUT2D eigenvalue weighted by Gasteiger charge is -2.15. The Labute approximate surface area is 193 Å². The molecule has 0 aliphatic heterocycles. The fraction of sp³-hybridized carbons (Fsp3) is 0.200. The second kappa shape index (κ2) is 9.56. The fourth-order valence-corrected chi connectivity index (χ4v) is 4.83. The number of benzene rings is 3. The standard InChI is InChI=1S/C25H26N4O3S/c1-28(2)33(31,32)23-15-9-6-10-19(23)18-26-25(30)17-16-24-27-21-13-7-8-14-22(21)29(24)20-11-4-3-5-12-20/h3-15H,16-18H2,1-2H3,(H,26,30). The number of nitrogens with one attached hydrogen (secondary N) is 1. The van der Waals surface area contributed by atoms with Crippen molar-refractivity contribution < 1.29 is 13.2 Å². The predicted molar refractivity (Wildman–Crippen MR) is 129 cm³/mol. The number of nitrogens with zero attached hydrogens (tertiary/aromatic N) is 3. The number of rotatable bonds is 8. The number of para-hydroxylation sites is 3. The number of fused-ring (bicyclic) bond motifs is 1. The van der Waals surface area contributed by atoms with Crippen molar-refractivity contribution in [2.75, 3.05) is 14.1 Å². The Morgan fingerprint density at radius 2 is 1.61 bits per heavy atom. The average Bonchev–Trinajstić information content (AvgIpc) is 3.20. The molecule has 0 aliphatic carbocycles. The number of carbonyl (C=O) groups is 1. The molecule has 170 valence electrons. The Balaban J connectivity index is 1.49. The van der Waals surface area contributed by atoms with Gasteiger partial charge in [0.2, 0.25) is 15.9 Å². The number of sulfonamides is 1. The van der Waals surface area contributed by atoms with Gasteiger partial charge < -0.3 is 5.32 Å². The second-order valence-electron chi connectivity index (χ2n) is 7.86. The van der Waals surface area contributed by atoms with Crippen LogP contribution in [0.15, 0.2) is 83.8 Å². The Bertz CT molecular complexity index is 1380. The van der Waals surface area contributed by atoms with Gasteiger partial charge in [-0.1, -0.05) is 48.5 Å². The summed E-state index contributed by atoms with van der Waals surface area (Å²) >= 11 is 0. The van der Waals surface area contributed by atoms with Crippen molar-refractivity contribution in [2.45, 2.75) is 24.3 Å². The Kier molecular flexibility index (Phi) is 6.57. The van der Waals surface area contributed by atoms with Gasteiger partial charge in [0.1, 0.15) is 5.82 Å². The van der Waals surface area contributed by atoms with Crippen molar-refractivity contribution in [3.63, 3.8) is 0 Å². The van der Waals surface area contributed by atoms with Crippen LogP contribution in [-0.4, -0.2) is 42.3 Å². The molecule has 0 fully saturated rings. The molecule has 0 saturated carbocycles. The van der Waals surface area contributed by atoms with Crippen LogP contribution in [0.1, 0.15) is 17.8 Å². The molecule has 0 spiro atoms. The van der Waals surface area contributed by atoms with Gasteiger partial charge in [0, 0.05) is 39.2 Å². The van der Waals surface area contributed by atoms with Gasteiger partial charge in [-0.15, -0.1) is 0 Å². The lowest BCUT2D eigenvalue weighted by atomic mass is 10.2. The quantitative estimate of drug-likeness (QED) is 0.434. The van der Waals surface area contributed by atoms with Crippen molar-refractivity contribution in [1.82, 2.24) is 19.2 Å². The molecular weight excluding hydrogens is 436 g/mol. The first-order valence-electron chi connectivity index (χ1n) is 10.7. The summed E-state index contributed by atoms with van der Waals surface area (Å²) in [5.74, 6) is 0.631. The highest BCUT2D eigenvalue weighted by Crippen LogP contribution is 2.22. The monoisotopic (exact) mass is 462 g/mol. The van der Waals surface area contributed by atoms with E-state index in [1.807, 2.05) is 54.6 Å². The zero-order chi connectivity index (χ0) is 23.4. The minimum Gasteiger partial charge on any atom is -0.352 e. The number of aryl methyl sites for hydroxylation is 1. The first kappa shape index (κ1) is 22.7. The number of aromatic nitrogens is 2. The lowest BCUT2D eigenvalue weighted by Crippen LogP contribution is -2.27. The molecule has 8 heteroatoms. The van der Waals surface area contributed by atoms with E-state index in [-0.39, 0.29) is 23.8 Å². The zero-order valence-electron chi connectivity index (χ0n) is 18.6. The fourth-order valence-electron chi connectivity index (χ4n) is 3.71. The maximum atomic E-state index is 12.6. The first-order chi connectivity index (χ1) is 15.9. The molecule has 0 radical (unpaired) electrons. The molecule has 0 unspecified atom stereocenters. The summed E-state index contributed by atoms with van der Waals surface area (Å²) < 4.78 is 28.4. The Hall–Kier alpha value is -3.49. The highest BCUT2D eigenvalue weighted by Gasteiger charge is 2.21. The van der Waals surface area contributed by atoms with Crippen LogP contribution in [0.2, 0.25) is 0 Å². The molecule has 0 bridgehead atoms. The van der Waals surface area contributed by atoms with Gasteiger partial charge in [0.25, 0.3) is 0 Å². The van der Waals surface area contributed by atoms with Crippen molar-refractivity contribution in [3.05, 3.63) is 90.3 Å². The molecule has 1 N–H and O–H groups in total. The van der Waals surface area contributed by atoms with Crippen LogP contribution in [-0.2, 0) is 27.8 Å². The molecule has 3 aromatic carbocycles. The van der Waals surface area contributed by atoms with Crippen LogP contribution in [0.5, 0.6) is 0 Å². The van der Waals surface area contributed by atoms with Crippen LogP contribution in [0.25, 0.3) is 16.7 Å². The first-order valence-corrected chi connectivity index (χ1v) is 12.1. The summed E-state index contributed by atoms with van der Waals surface area (Å²) in [5, 5.41) is 2.85.